The summed E-state index contributed by atoms with van der Waals surface area (Å²) in [6.45, 7) is 0.145. The molecular formula is C11H16N2O3S. The molecule has 1 atom stereocenters. The van der Waals surface area contributed by atoms with E-state index >= 15 is 0 Å². The van der Waals surface area contributed by atoms with Gasteiger partial charge in [0.25, 0.3) is 5.91 Å². The maximum absolute atomic E-state index is 11.5. The molecule has 0 aliphatic rings. The van der Waals surface area contributed by atoms with Gasteiger partial charge in [-0.25, -0.2) is 5.84 Å². The minimum Gasteiger partial charge on any atom is -0.477 e. The Balaban J connectivity index is 2.81. The van der Waals surface area contributed by atoms with Gasteiger partial charge in [-0.15, -0.1) is 11.8 Å². The normalized spacial score (nSPS) is 11.9. The third-order valence-corrected chi connectivity index (χ3v) is 2.87. The first kappa shape index (κ1) is 13.8. The summed E-state index contributed by atoms with van der Waals surface area (Å²) >= 11 is 1.55. The van der Waals surface area contributed by atoms with Crippen LogP contribution in [0.25, 0.3) is 0 Å². The number of carbonyl (C=O) groups is 1. The number of benzene rings is 1. The van der Waals surface area contributed by atoms with Crippen molar-refractivity contribution in [3.63, 3.8) is 0 Å². The topological polar surface area (TPSA) is 73.6 Å². The summed E-state index contributed by atoms with van der Waals surface area (Å²) in [5, 5.41) is 0. The van der Waals surface area contributed by atoms with E-state index in [-0.39, 0.29) is 6.61 Å². The van der Waals surface area contributed by atoms with Gasteiger partial charge in [-0.1, -0.05) is 12.1 Å². The number of hydrogen-bond donors (Lipinski definition) is 2. The van der Waals surface area contributed by atoms with Crippen LogP contribution in [-0.4, -0.2) is 32.0 Å². The van der Waals surface area contributed by atoms with E-state index in [2.05, 4.69) is 5.43 Å². The molecule has 0 radical (unpaired) electrons. The second-order valence-electron chi connectivity index (χ2n) is 3.22. The number of nitrogens with one attached hydrogen (secondary N) is 1. The number of rotatable bonds is 6. The molecule has 5 nitrogen and oxygen atoms in total. The van der Waals surface area contributed by atoms with Crippen molar-refractivity contribution >= 4 is 17.7 Å². The number of amides is 1. The zero-order chi connectivity index (χ0) is 12.7. The number of nitrogens with two attached hydrogens (primary N) is 1. The molecule has 3 N–H and O–H groups in total. The van der Waals surface area contributed by atoms with Crippen LogP contribution in [0.1, 0.15) is 0 Å². The first-order valence-corrected chi connectivity index (χ1v) is 6.24. The fourth-order valence-electron chi connectivity index (χ4n) is 1.28. The molecule has 1 unspecified atom stereocenters. The molecule has 6 heteroatoms. The number of carbonyl (C=O) groups excluding carboxylic acids is 1. The largest absolute Gasteiger partial charge is 0.477 e. The van der Waals surface area contributed by atoms with E-state index < -0.39 is 12.0 Å². The van der Waals surface area contributed by atoms with E-state index in [0.29, 0.717) is 5.75 Å². The maximum atomic E-state index is 11.5. The molecule has 0 bridgehead atoms. The standard InChI is InChI=1S/C11H16N2O3S/c1-15-7-9(11(14)13-12)16-8-5-3-4-6-10(8)17-2/h3-6,9H,7,12H2,1-2H3,(H,13,14). The van der Waals surface area contributed by atoms with Crippen LogP contribution in [0, 0.1) is 0 Å². The molecule has 0 aliphatic carbocycles. The predicted molar refractivity (Wildman–Crippen MR) is 66.8 cm³/mol. The Hall–Kier alpha value is -1.24. The predicted octanol–water partition coefficient (Wildman–Crippen LogP) is 0.792. The molecule has 17 heavy (non-hydrogen) atoms. The lowest BCUT2D eigenvalue weighted by Crippen LogP contribution is -2.44. The highest BCUT2D eigenvalue weighted by molar-refractivity contribution is 7.98. The number of hydrogen-bond acceptors (Lipinski definition) is 5. The van der Waals surface area contributed by atoms with Crippen LogP contribution in [0.4, 0.5) is 0 Å². The number of ether oxygens (including phenoxy) is 2. The average Bonchev–Trinajstić information content (AvgIpc) is 2.38. The van der Waals surface area contributed by atoms with Gasteiger partial charge in [-0.3, -0.25) is 10.2 Å². The highest BCUT2D eigenvalue weighted by atomic mass is 32.2. The lowest BCUT2D eigenvalue weighted by atomic mass is 10.3. The lowest BCUT2D eigenvalue weighted by molar-refractivity contribution is -0.130. The number of thioether (sulfide) groups is 1. The Morgan fingerprint density at radius 1 is 1.53 bits per heavy atom. The number of methoxy groups -OCH3 is 1. The SMILES string of the molecule is COCC(Oc1ccccc1SC)C(=O)NN. The molecule has 1 aromatic rings. The molecule has 1 rings (SSSR count). The summed E-state index contributed by atoms with van der Waals surface area (Å²) in [6.07, 6.45) is 1.19. The fourth-order valence-corrected chi connectivity index (χ4v) is 1.81. The van der Waals surface area contributed by atoms with Crippen LogP contribution in [0.2, 0.25) is 0 Å². The van der Waals surface area contributed by atoms with Gasteiger partial charge in [0, 0.05) is 12.0 Å². The summed E-state index contributed by atoms with van der Waals surface area (Å²) in [7, 11) is 1.50. The number of hydrazine groups is 1. The maximum Gasteiger partial charge on any atom is 0.277 e. The fraction of sp³-hybridized carbons (Fsp3) is 0.364. The Kier molecular flexibility index (Phi) is 5.82. The summed E-state index contributed by atoms with van der Waals surface area (Å²) in [5.74, 6) is 5.32. The molecule has 94 valence electrons. The second kappa shape index (κ2) is 7.16. The van der Waals surface area contributed by atoms with Gasteiger partial charge in [0.2, 0.25) is 6.10 Å². The van der Waals surface area contributed by atoms with Gasteiger partial charge in [0.05, 0.1) is 6.61 Å². The van der Waals surface area contributed by atoms with E-state index in [1.807, 2.05) is 24.5 Å². The molecule has 0 heterocycles. The average molecular weight is 256 g/mol. The first-order valence-electron chi connectivity index (χ1n) is 5.02. The molecule has 0 aromatic heterocycles. The van der Waals surface area contributed by atoms with Crippen molar-refractivity contribution in [2.45, 2.75) is 11.0 Å². The highest BCUT2D eigenvalue weighted by Gasteiger charge is 2.20. The zero-order valence-electron chi connectivity index (χ0n) is 9.80. The van der Waals surface area contributed by atoms with Crippen LogP contribution < -0.4 is 16.0 Å². The van der Waals surface area contributed by atoms with Crippen LogP contribution in [0.5, 0.6) is 5.75 Å². The van der Waals surface area contributed by atoms with Crippen molar-refractivity contribution < 1.29 is 14.3 Å². The molecule has 0 aliphatic heterocycles. The number of para-hydroxylation sites is 1. The Bertz CT molecular complexity index is 373. The molecule has 1 amide bonds. The Morgan fingerprint density at radius 2 is 2.24 bits per heavy atom. The molecule has 0 saturated heterocycles. The molecule has 1 aromatic carbocycles. The Labute approximate surface area is 105 Å². The minimum atomic E-state index is -0.752. The summed E-state index contributed by atoms with van der Waals surface area (Å²) in [5.41, 5.74) is 2.06. The van der Waals surface area contributed by atoms with Crippen molar-refractivity contribution in [2.75, 3.05) is 20.0 Å². The van der Waals surface area contributed by atoms with Gasteiger partial charge in [0.15, 0.2) is 0 Å². The van der Waals surface area contributed by atoms with Gasteiger partial charge in [-0.05, 0) is 18.4 Å². The van der Waals surface area contributed by atoms with Crippen LogP contribution in [0.3, 0.4) is 0 Å². The summed E-state index contributed by atoms with van der Waals surface area (Å²) in [4.78, 5) is 12.4. The van der Waals surface area contributed by atoms with Gasteiger partial charge < -0.3 is 9.47 Å². The lowest BCUT2D eigenvalue weighted by Gasteiger charge is -2.18. The second-order valence-corrected chi connectivity index (χ2v) is 4.07. The smallest absolute Gasteiger partial charge is 0.277 e. The molecule has 0 fully saturated rings. The van der Waals surface area contributed by atoms with E-state index in [1.165, 1.54) is 7.11 Å². The highest BCUT2D eigenvalue weighted by Crippen LogP contribution is 2.27. The van der Waals surface area contributed by atoms with Crippen molar-refractivity contribution in [2.24, 2.45) is 5.84 Å². The Morgan fingerprint density at radius 3 is 2.82 bits per heavy atom. The zero-order valence-corrected chi connectivity index (χ0v) is 10.6. The van der Waals surface area contributed by atoms with Crippen LogP contribution in [0.15, 0.2) is 29.2 Å². The third kappa shape index (κ3) is 3.92. The quantitative estimate of drug-likeness (QED) is 0.341. The van der Waals surface area contributed by atoms with E-state index in [1.54, 1.807) is 17.8 Å². The van der Waals surface area contributed by atoms with Crippen molar-refractivity contribution in [1.29, 1.82) is 0 Å². The van der Waals surface area contributed by atoms with Gasteiger partial charge in [0.1, 0.15) is 5.75 Å². The van der Waals surface area contributed by atoms with Crippen LogP contribution in [-0.2, 0) is 9.53 Å². The summed E-state index contributed by atoms with van der Waals surface area (Å²) < 4.78 is 10.5. The summed E-state index contributed by atoms with van der Waals surface area (Å²) in [6, 6.07) is 7.48. The third-order valence-electron chi connectivity index (χ3n) is 2.09. The van der Waals surface area contributed by atoms with Crippen molar-refractivity contribution in [3.8, 4) is 5.75 Å². The molecule has 0 spiro atoms. The molecular weight excluding hydrogens is 240 g/mol. The van der Waals surface area contributed by atoms with Crippen molar-refractivity contribution in [3.05, 3.63) is 24.3 Å². The van der Waals surface area contributed by atoms with Gasteiger partial charge >= 0.3 is 0 Å². The van der Waals surface area contributed by atoms with Crippen molar-refractivity contribution in [1.82, 2.24) is 5.43 Å². The monoisotopic (exact) mass is 256 g/mol. The minimum absolute atomic E-state index is 0.145. The van der Waals surface area contributed by atoms with E-state index in [9.17, 15) is 4.79 Å². The van der Waals surface area contributed by atoms with E-state index in [4.69, 9.17) is 15.3 Å². The van der Waals surface area contributed by atoms with E-state index in [0.717, 1.165) is 4.90 Å². The first-order chi connectivity index (χ1) is 8.22. The molecule has 0 saturated carbocycles. The van der Waals surface area contributed by atoms with Crippen LogP contribution >= 0.6 is 11.8 Å². The van der Waals surface area contributed by atoms with Gasteiger partial charge in [-0.2, -0.15) is 0 Å².